The molecule has 0 saturated heterocycles. The van der Waals surface area contributed by atoms with Gasteiger partial charge in [0.2, 0.25) is 0 Å². The number of ketones is 2. The molecule has 4 rings (SSSR count). The van der Waals surface area contributed by atoms with Gasteiger partial charge in [-0.3, -0.25) is 9.59 Å². The van der Waals surface area contributed by atoms with Gasteiger partial charge in [0.25, 0.3) is 0 Å². The number of rotatable bonds is 11. The molecule has 0 amide bonds. The van der Waals surface area contributed by atoms with Gasteiger partial charge in [0, 0.05) is 24.0 Å². The van der Waals surface area contributed by atoms with Crippen molar-refractivity contribution in [1.29, 1.82) is 0 Å². The lowest BCUT2D eigenvalue weighted by Gasteiger charge is -2.12. The van der Waals surface area contributed by atoms with E-state index >= 15 is 0 Å². The average molecular weight is 498 g/mol. The molecule has 1 saturated carbocycles. The Hall–Kier alpha value is -3.45. The van der Waals surface area contributed by atoms with E-state index in [2.05, 4.69) is 4.98 Å². The number of nitrogens with zero attached hydrogens (tertiary/aromatic N) is 1. The summed E-state index contributed by atoms with van der Waals surface area (Å²) >= 11 is 5.90. The molecule has 0 radical (unpaired) electrons. The van der Waals surface area contributed by atoms with Crippen molar-refractivity contribution in [3.8, 4) is 28.5 Å². The number of benzene rings is 2. The van der Waals surface area contributed by atoms with Crippen molar-refractivity contribution in [2.45, 2.75) is 25.7 Å². The van der Waals surface area contributed by atoms with Crippen molar-refractivity contribution in [3.63, 3.8) is 0 Å². The van der Waals surface area contributed by atoms with E-state index in [0.29, 0.717) is 46.6 Å². The topological polar surface area (TPSA) is 74.7 Å². The Morgan fingerprint density at radius 1 is 0.943 bits per heavy atom. The SMILES string of the molecule is COc1cc(C(=O)CCC(=O)c2ccc(OC)c(-c3ccc(F)c(Cl)c3)n2)ccc1OCC1CC1. The summed E-state index contributed by atoms with van der Waals surface area (Å²) in [4.78, 5) is 30.0. The number of methoxy groups -OCH3 is 2. The van der Waals surface area contributed by atoms with Crippen molar-refractivity contribution >= 4 is 23.2 Å². The number of pyridine rings is 1. The molecule has 1 fully saturated rings. The van der Waals surface area contributed by atoms with E-state index in [1.54, 1.807) is 24.3 Å². The summed E-state index contributed by atoms with van der Waals surface area (Å²) in [5, 5.41) is -0.0620. The highest BCUT2D eigenvalue weighted by atomic mass is 35.5. The molecule has 2 aromatic carbocycles. The summed E-state index contributed by atoms with van der Waals surface area (Å²) < 4.78 is 30.1. The van der Waals surface area contributed by atoms with Crippen molar-refractivity contribution < 1.29 is 28.2 Å². The average Bonchev–Trinajstić information content (AvgIpc) is 3.71. The first kappa shape index (κ1) is 24.7. The second kappa shape index (κ2) is 10.9. The Balaban J connectivity index is 1.45. The maximum absolute atomic E-state index is 13.6. The van der Waals surface area contributed by atoms with Gasteiger partial charge in [-0.2, -0.15) is 0 Å². The maximum atomic E-state index is 13.6. The molecule has 1 aliphatic rings. The van der Waals surface area contributed by atoms with E-state index in [1.165, 1.54) is 51.3 Å². The minimum Gasteiger partial charge on any atom is -0.494 e. The molecule has 0 bridgehead atoms. The molecule has 3 aromatic rings. The monoisotopic (exact) mass is 497 g/mol. The third-order valence-electron chi connectivity index (χ3n) is 5.79. The molecule has 6 nitrogen and oxygen atoms in total. The minimum absolute atomic E-state index is 0.00961. The normalized spacial score (nSPS) is 12.8. The van der Waals surface area contributed by atoms with Crippen LogP contribution in [0.4, 0.5) is 4.39 Å². The summed E-state index contributed by atoms with van der Waals surface area (Å²) in [6.07, 6.45) is 2.34. The van der Waals surface area contributed by atoms with Crippen LogP contribution < -0.4 is 14.2 Å². The Morgan fingerprint density at radius 2 is 1.66 bits per heavy atom. The van der Waals surface area contributed by atoms with E-state index in [0.717, 1.165) is 0 Å². The molecule has 1 heterocycles. The van der Waals surface area contributed by atoms with E-state index in [1.807, 2.05) is 0 Å². The highest BCUT2D eigenvalue weighted by Gasteiger charge is 2.23. The van der Waals surface area contributed by atoms with E-state index in [9.17, 15) is 14.0 Å². The zero-order chi connectivity index (χ0) is 24.9. The Labute approximate surface area is 208 Å². The molecule has 182 valence electrons. The van der Waals surface area contributed by atoms with Crippen LogP contribution in [0.15, 0.2) is 48.5 Å². The number of hydrogen-bond donors (Lipinski definition) is 0. The van der Waals surface area contributed by atoms with Crippen LogP contribution in [0, 0.1) is 11.7 Å². The zero-order valence-electron chi connectivity index (χ0n) is 19.5. The molecule has 1 aromatic heterocycles. The summed E-state index contributed by atoms with van der Waals surface area (Å²) in [5.74, 6) is 1.05. The van der Waals surface area contributed by atoms with Crippen LogP contribution in [0.1, 0.15) is 46.5 Å². The molecular formula is C27H25ClFNO5. The quantitative estimate of drug-likeness (QED) is 0.294. The first-order chi connectivity index (χ1) is 16.9. The lowest BCUT2D eigenvalue weighted by Crippen LogP contribution is -2.08. The van der Waals surface area contributed by atoms with Crippen LogP contribution in [-0.4, -0.2) is 37.4 Å². The van der Waals surface area contributed by atoms with Crippen molar-refractivity contribution in [1.82, 2.24) is 4.98 Å². The number of carbonyl (C=O) groups is 2. The predicted octanol–water partition coefficient (Wildman–Crippen LogP) is 6.19. The lowest BCUT2D eigenvalue weighted by molar-refractivity contribution is 0.0915. The van der Waals surface area contributed by atoms with Crippen LogP contribution in [0.5, 0.6) is 17.2 Å². The predicted molar refractivity (Wildman–Crippen MR) is 130 cm³/mol. The van der Waals surface area contributed by atoms with E-state index in [-0.39, 0.29) is 35.1 Å². The molecule has 8 heteroatoms. The second-order valence-electron chi connectivity index (χ2n) is 8.34. The Kier molecular flexibility index (Phi) is 7.66. The number of hydrogen-bond acceptors (Lipinski definition) is 6. The van der Waals surface area contributed by atoms with E-state index in [4.69, 9.17) is 25.8 Å². The fraction of sp³-hybridized carbons (Fsp3) is 0.296. The highest BCUT2D eigenvalue weighted by Crippen LogP contribution is 2.34. The number of ether oxygens (including phenoxy) is 3. The summed E-state index contributed by atoms with van der Waals surface area (Å²) in [5.41, 5.74) is 1.49. The standard InChI is InChI=1S/C27H25ClFNO5/c1-33-25-12-8-21(30-27(25)18-5-7-20(29)19(28)13-18)23(32)10-9-22(31)17-6-11-24(26(14-17)34-2)35-15-16-3-4-16/h5-8,11-14,16H,3-4,9-10,15H2,1-2H3. The molecule has 0 atom stereocenters. The zero-order valence-corrected chi connectivity index (χ0v) is 20.2. The van der Waals surface area contributed by atoms with Crippen molar-refractivity contribution in [3.05, 3.63) is 70.6 Å². The van der Waals surface area contributed by atoms with Gasteiger partial charge >= 0.3 is 0 Å². The number of aromatic nitrogens is 1. The van der Waals surface area contributed by atoms with Crippen LogP contribution in [-0.2, 0) is 0 Å². The Morgan fingerprint density at radius 3 is 2.34 bits per heavy atom. The van der Waals surface area contributed by atoms with Crippen LogP contribution in [0.3, 0.4) is 0 Å². The van der Waals surface area contributed by atoms with Gasteiger partial charge in [-0.15, -0.1) is 0 Å². The molecule has 0 aliphatic heterocycles. The van der Waals surface area contributed by atoms with Gasteiger partial charge in [0.05, 0.1) is 25.8 Å². The third-order valence-corrected chi connectivity index (χ3v) is 6.08. The van der Waals surface area contributed by atoms with Crippen LogP contribution in [0.2, 0.25) is 5.02 Å². The van der Waals surface area contributed by atoms with Crippen LogP contribution in [0.25, 0.3) is 11.3 Å². The van der Waals surface area contributed by atoms with Gasteiger partial charge in [-0.25, -0.2) is 9.37 Å². The number of carbonyl (C=O) groups excluding carboxylic acids is 2. The second-order valence-corrected chi connectivity index (χ2v) is 8.75. The van der Waals surface area contributed by atoms with Crippen LogP contribution >= 0.6 is 11.6 Å². The van der Waals surface area contributed by atoms with Crippen molar-refractivity contribution in [2.75, 3.05) is 20.8 Å². The largest absolute Gasteiger partial charge is 0.494 e. The number of Topliss-reactive ketones (excluding diaryl/α,β-unsaturated/α-hetero) is 2. The van der Waals surface area contributed by atoms with Gasteiger partial charge in [0.15, 0.2) is 23.1 Å². The first-order valence-corrected chi connectivity index (χ1v) is 11.6. The van der Waals surface area contributed by atoms with Gasteiger partial charge in [-0.1, -0.05) is 11.6 Å². The Bertz CT molecular complexity index is 1260. The number of halogens is 2. The fourth-order valence-corrected chi connectivity index (χ4v) is 3.75. The van der Waals surface area contributed by atoms with Gasteiger partial charge < -0.3 is 14.2 Å². The summed E-state index contributed by atoms with van der Waals surface area (Å²) in [6.45, 7) is 0.638. The fourth-order valence-electron chi connectivity index (χ4n) is 3.57. The summed E-state index contributed by atoms with van der Waals surface area (Å²) in [6, 6.07) is 12.3. The lowest BCUT2D eigenvalue weighted by atomic mass is 10.0. The molecule has 0 spiro atoms. The molecular weight excluding hydrogens is 473 g/mol. The van der Waals surface area contributed by atoms with Gasteiger partial charge in [-0.05, 0) is 67.3 Å². The molecule has 0 unspecified atom stereocenters. The molecule has 35 heavy (non-hydrogen) atoms. The van der Waals surface area contributed by atoms with E-state index < -0.39 is 5.82 Å². The smallest absolute Gasteiger partial charge is 0.181 e. The maximum Gasteiger partial charge on any atom is 0.181 e. The summed E-state index contributed by atoms with van der Waals surface area (Å²) in [7, 11) is 3.00. The van der Waals surface area contributed by atoms with Crippen molar-refractivity contribution in [2.24, 2.45) is 5.92 Å². The van der Waals surface area contributed by atoms with Gasteiger partial charge in [0.1, 0.15) is 23.0 Å². The first-order valence-electron chi connectivity index (χ1n) is 11.3. The molecule has 0 N–H and O–H groups in total. The highest BCUT2D eigenvalue weighted by molar-refractivity contribution is 6.31. The molecule has 1 aliphatic carbocycles. The minimum atomic E-state index is -0.556. The third kappa shape index (κ3) is 5.98.